The molecule has 1 N–H and O–H groups in total. The van der Waals surface area contributed by atoms with Gasteiger partial charge in [-0.15, -0.1) is 0 Å². The van der Waals surface area contributed by atoms with Crippen LogP contribution in [0, 0.1) is 0 Å². The number of hydrogen-bond acceptors (Lipinski definition) is 3. The van der Waals surface area contributed by atoms with Crippen LogP contribution in [0.15, 0.2) is 48.5 Å². The first-order valence-electron chi connectivity index (χ1n) is 9.18. The zero-order chi connectivity index (χ0) is 17.9. The van der Waals surface area contributed by atoms with Gasteiger partial charge in [0.05, 0.1) is 6.61 Å². The molecule has 1 aliphatic heterocycles. The molecule has 0 unspecified atom stereocenters. The molecule has 2 aromatic carbocycles. The molecule has 0 spiro atoms. The third-order valence-corrected chi connectivity index (χ3v) is 4.95. The van der Waals surface area contributed by atoms with Crippen LogP contribution in [0.2, 0.25) is 0 Å². The van der Waals surface area contributed by atoms with E-state index in [2.05, 4.69) is 49.9 Å². The lowest BCUT2D eigenvalue weighted by Crippen LogP contribution is -2.31. The highest BCUT2D eigenvalue weighted by Gasteiger charge is 2.23. The van der Waals surface area contributed by atoms with E-state index in [0.717, 1.165) is 31.0 Å². The van der Waals surface area contributed by atoms with Crippen LogP contribution >= 0.6 is 0 Å². The molecule has 0 aliphatic carbocycles. The third-order valence-electron chi connectivity index (χ3n) is 4.95. The van der Waals surface area contributed by atoms with Crippen molar-refractivity contribution in [2.24, 2.45) is 0 Å². The van der Waals surface area contributed by atoms with Crippen molar-refractivity contribution in [2.45, 2.75) is 51.6 Å². The van der Waals surface area contributed by atoms with Crippen LogP contribution in [-0.4, -0.2) is 29.2 Å². The summed E-state index contributed by atoms with van der Waals surface area (Å²) >= 11 is 0. The van der Waals surface area contributed by atoms with Gasteiger partial charge in [-0.05, 0) is 60.2 Å². The molecule has 1 fully saturated rings. The molecule has 1 heterocycles. The maximum atomic E-state index is 9.44. The quantitative estimate of drug-likeness (QED) is 0.854. The van der Waals surface area contributed by atoms with Crippen molar-refractivity contribution in [3.63, 3.8) is 0 Å². The van der Waals surface area contributed by atoms with E-state index in [1.165, 1.54) is 17.5 Å². The van der Waals surface area contributed by atoms with E-state index in [9.17, 15) is 5.11 Å². The van der Waals surface area contributed by atoms with Crippen LogP contribution in [0.1, 0.15) is 44.7 Å². The molecule has 25 heavy (non-hydrogen) atoms. The molecule has 2 aromatic rings. The Morgan fingerprint density at radius 3 is 2.52 bits per heavy atom. The molecule has 0 bridgehead atoms. The minimum atomic E-state index is 0.113. The van der Waals surface area contributed by atoms with Crippen molar-refractivity contribution in [1.29, 1.82) is 0 Å². The Hall–Kier alpha value is -1.84. The van der Waals surface area contributed by atoms with Crippen LogP contribution in [0.4, 0.5) is 0 Å². The van der Waals surface area contributed by atoms with Crippen LogP contribution < -0.4 is 4.74 Å². The van der Waals surface area contributed by atoms with Crippen molar-refractivity contribution < 1.29 is 9.84 Å². The highest BCUT2D eigenvalue weighted by Crippen LogP contribution is 2.29. The smallest absolute Gasteiger partial charge is 0.127 e. The second-order valence-corrected chi connectivity index (χ2v) is 7.97. The monoisotopic (exact) mass is 339 g/mol. The summed E-state index contributed by atoms with van der Waals surface area (Å²) in [5.41, 5.74) is 2.64. The molecule has 0 saturated carbocycles. The zero-order valence-electron chi connectivity index (χ0n) is 15.5. The minimum Gasteiger partial charge on any atom is -0.457 e. The van der Waals surface area contributed by atoms with Gasteiger partial charge in [0.25, 0.3) is 0 Å². The van der Waals surface area contributed by atoms with Crippen molar-refractivity contribution in [2.75, 3.05) is 13.2 Å². The van der Waals surface area contributed by atoms with Crippen LogP contribution in [0.3, 0.4) is 0 Å². The predicted octanol–water partition coefficient (Wildman–Crippen LogP) is 4.73. The fourth-order valence-corrected chi connectivity index (χ4v) is 3.37. The third kappa shape index (κ3) is 4.62. The minimum absolute atomic E-state index is 0.113. The van der Waals surface area contributed by atoms with Crippen molar-refractivity contribution in [3.05, 3.63) is 59.7 Å². The summed E-state index contributed by atoms with van der Waals surface area (Å²) in [4.78, 5) is 2.36. The number of ether oxygens (including phenoxy) is 1. The number of benzene rings is 2. The fraction of sp³-hybridized carbons (Fsp3) is 0.455. The lowest BCUT2D eigenvalue weighted by atomic mass is 9.87. The molecule has 0 radical (unpaired) electrons. The topological polar surface area (TPSA) is 32.7 Å². The second-order valence-electron chi connectivity index (χ2n) is 7.97. The van der Waals surface area contributed by atoms with Gasteiger partial charge in [0.15, 0.2) is 0 Å². The average Bonchev–Trinajstić information content (AvgIpc) is 3.03. The summed E-state index contributed by atoms with van der Waals surface area (Å²) in [6, 6.07) is 16.9. The van der Waals surface area contributed by atoms with Gasteiger partial charge < -0.3 is 9.84 Å². The number of rotatable bonds is 5. The van der Waals surface area contributed by atoms with Gasteiger partial charge in [0.2, 0.25) is 0 Å². The highest BCUT2D eigenvalue weighted by atomic mass is 16.5. The first-order valence-corrected chi connectivity index (χ1v) is 9.18. The van der Waals surface area contributed by atoms with E-state index < -0.39 is 0 Å². The summed E-state index contributed by atoms with van der Waals surface area (Å²) in [5, 5.41) is 9.44. The SMILES string of the molecule is CC(C)(C)c1cccc(Oc2ccc(CN3CCC[C@@H]3CO)cc2)c1. The largest absolute Gasteiger partial charge is 0.457 e. The van der Waals surface area contributed by atoms with E-state index in [0.29, 0.717) is 6.04 Å². The Labute approximate surface area is 151 Å². The summed E-state index contributed by atoms with van der Waals surface area (Å²) in [7, 11) is 0. The summed E-state index contributed by atoms with van der Waals surface area (Å²) in [5.74, 6) is 1.73. The molecule has 1 atom stereocenters. The van der Waals surface area contributed by atoms with Crippen molar-refractivity contribution in [3.8, 4) is 11.5 Å². The van der Waals surface area contributed by atoms with E-state index in [4.69, 9.17) is 4.74 Å². The maximum absolute atomic E-state index is 9.44. The Balaban J connectivity index is 1.65. The normalized spacial score (nSPS) is 18.5. The first kappa shape index (κ1) is 18.0. The molecule has 134 valence electrons. The number of likely N-dealkylation sites (tertiary alicyclic amines) is 1. The van der Waals surface area contributed by atoms with Gasteiger partial charge in [0, 0.05) is 12.6 Å². The number of aliphatic hydroxyl groups is 1. The summed E-state index contributed by atoms with van der Waals surface area (Å²) in [6.07, 6.45) is 2.28. The molecular formula is C22H29NO2. The lowest BCUT2D eigenvalue weighted by Gasteiger charge is -2.22. The van der Waals surface area contributed by atoms with Crippen LogP contribution in [-0.2, 0) is 12.0 Å². The molecule has 0 amide bonds. The number of aliphatic hydroxyl groups excluding tert-OH is 1. The lowest BCUT2D eigenvalue weighted by molar-refractivity contribution is 0.153. The Bertz CT molecular complexity index is 688. The molecule has 3 heteroatoms. The van der Waals surface area contributed by atoms with E-state index in [1.54, 1.807) is 0 Å². The van der Waals surface area contributed by atoms with E-state index in [-0.39, 0.29) is 12.0 Å². The first-order chi connectivity index (χ1) is 12.0. The molecule has 0 aromatic heterocycles. The highest BCUT2D eigenvalue weighted by molar-refractivity contribution is 5.37. The Morgan fingerprint density at radius 2 is 1.84 bits per heavy atom. The van der Waals surface area contributed by atoms with Crippen LogP contribution in [0.5, 0.6) is 11.5 Å². The Morgan fingerprint density at radius 1 is 1.08 bits per heavy atom. The molecule has 1 saturated heterocycles. The van der Waals surface area contributed by atoms with Gasteiger partial charge in [-0.1, -0.05) is 45.0 Å². The van der Waals surface area contributed by atoms with E-state index >= 15 is 0 Å². The number of nitrogens with zero attached hydrogens (tertiary/aromatic N) is 1. The average molecular weight is 339 g/mol. The van der Waals surface area contributed by atoms with Gasteiger partial charge in [0.1, 0.15) is 11.5 Å². The van der Waals surface area contributed by atoms with Gasteiger partial charge in [-0.2, -0.15) is 0 Å². The maximum Gasteiger partial charge on any atom is 0.127 e. The molecule has 3 nitrogen and oxygen atoms in total. The molecule has 3 rings (SSSR count). The predicted molar refractivity (Wildman–Crippen MR) is 102 cm³/mol. The summed E-state index contributed by atoms with van der Waals surface area (Å²) in [6.45, 7) is 8.84. The van der Waals surface area contributed by atoms with Gasteiger partial charge >= 0.3 is 0 Å². The Kier molecular flexibility index (Phi) is 5.45. The molecular weight excluding hydrogens is 310 g/mol. The van der Waals surface area contributed by atoms with Gasteiger partial charge in [-0.25, -0.2) is 0 Å². The van der Waals surface area contributed by atoms with Crippen molar-refractivity contribution in [1.82, 2.24) is 4.90 Å². The second kappa shape index (κ2) is 7.59. The zero-order valence-corrected chi connectivity index (χ0v) is 15.5. The molecule has 1 aliphatic rings. The van der Waals surface area contributed by atoms with E-state index in [1.807, 2.05) is 24.3 Å². The summed E-state index contributed by atoms with van der Waals surface area (Å²) < 4.78 is 6.03. The standard InChI is InChI=1S/C22H29NO2/c1-22(2,3)18-6-4-8-21(14-18)25-20-11-9-17(10-12-20)15-23-13-5-7-19(23)16-24/h4,6,8-12,14,19,24H,5,7,13,15-16H2,1-3H3/t19-/m1/s1. The van der Waals surface area contributed by atoms with Crippen LogP contribution in [0.25, 0.3) is 0 Å². The number of hydrogen-bond donors (Lipinski definition) is 1. The fourth-order valence-electron chi connectivity index (χ4n) is 3.37. The van der Waals surface area contributed by atoms with Gasteiger partial charge in [-0.3, -0.25) is 4.90 Å². The van der Waals surface area contributed by atoms with Crippen molar-refractivity contribution >= 4 is 0 Å².